The highest BCUT2D eigenvalue weighted by atomic mass is 35.5. The smallest absolute Gasteiger partial charge is 0.251 e. The largest absolute Gasteiger partial charge is 0.352 e. The third-order valence-electron chi connectivity index (χ3n) is 3.08. The molecule has 4 nitrogen and oxygen atoms in total. The van der Waals surface area contributed by atoms with Crippen molar-refractivity contribution in [2.24, 2.45) is 0 Å². The Morgan fingerprint density at radius 1 is 1.35 bits per heavy atom. The highest BCUT2D eigenvalue weighted by Crippen LogP contribution is 2.06. The van der Waals surface area contributed by atoms with Gasteiger partial charge in [-0.3, -0.25) is 9.48 Å². The van der Waals surface area contributed by atoms with E-state index in [1.165, 1.54) is 5.56 Å². The van der Waals surface area contributed by atoms with Gasteiger partial charge in [0, 0.05) is 24.8 Å². The van der Waals surface area contributed by atoms with E-state index in [0.29, 0.717) is 17.1 Å². The molecule has 1 amide bonds. The van der Waals surface area contributed by atoms with Gasteiger partial charge in [-0.2, -0.15) is 5.10 Å². The molecule has 0 radical (unpaired) electrons. The van der Waals surface area contributed by atoms with Crippen molar-refractivity contribution in [1.82, 2.24) is 15.1 Å². The Morgan fingerprint density at radius 3 is 2.70 bits per heavy atom. The van der Waals surface area contributed by atoms with Crippen LogP contribution in [0.2, 0.25) is 5.02 Å². The minimum Gasteiger partial charge on any atom is -0.352 e. The number of nitrogens with zero attached hydrogens (tertiary/aromatic N) is 2. The van der Waals surface area contributed by atoms with Crippen molar-refractivity contribution in [2.75, 3.05) is 6.54 Å². The van der Waals surface area contributed by atoms with Crippen molar-refractivity contribution >= 4 is 17.5 Å². The van der Waals surface area contributed by atoms with Crippen LogP contribution in [0.15, 0.2) is 36.7 Å². The Morgan fingerprint density at radius 2 is 2.10 bits per heavy atom. The second kappa shape index (κ2) is 7.10. The summed E-state index contributed by atoms with van der Waals surface area (Å²) < 4.78 is 1.77. The molecule has 1 heterocycles. The van der Waals surface area contributed by atoms with Gasteiger partial charge in [0.25, 0.3) is 5.91 Å². The van der Waals surface area contributed by atoms with Crippen LogP contribution in [-0.2, 0) is 13.0 Å². The van der Waals surface area contributed by atoms with Crippen LogP contribution >= 0.6 is 11.6 Å². The van der Waals surface area contributed by atoms with E-state index < -0.39 is 0 Å². The van der Waals surface area contributed by atoms with Crippen LogP contribution in [0, 0.1) is 0 Å². The molecule has 2 rings (SSSR count). The third kappa shape index (κ3) is 4.10. The van der Waals surface area contributed by atoms with Crippen LogP contribution in [0.1, 0.15) is 29.3 Å². The van der Waals surface area contributed by atoms with Crippen LogP contribution in [0.25, 0.3) is 0 Å². The predicted octanol–water partition coefficient (Wildman–Crippen LogP) is 2.92. The van der Waals surface area contributed by atoms with Crippen LogP contribution in [0.3, 0.4) is 0 Å². The first-order chi connectivity index (χ1) is 9.69. The maximum absolute atomic E-state index is 11.9. The van der Waals surface area contributed by atoms with Crippen LogP contribution in [0.5, 0.6) is 0 Å². The predicted molar refractivity (Wildman–Crippen MR) is 80.0 cm³/mol. The first kappa shape index (κ1) is 14.6. The Labute approximate surface area is 123 Å². The summed E-state index contributed by atoms with van der Waals surface area (Å²) in [4.78, 5) is 11.9. The molecule has 5 heteroatoms. The number of halogens is 1. The van der Waals surface area contributed by atoms with Gasteiger partial charge in [0.05, 0.1) is 11.2 Å². The number of amides is 1. The zero-order valence-corrected chi connectivity index (χ0v) is 12.2. The Balaban J connectivity index is 1.74. The number of aromatic nitrogens is 2. The number of hydrogen-bond acceptors (Lipinski definition) is 2. The summed E-state index contributed by atoms with van der Waals surface area (Å²) >= 11 is 5.78. The number of carbonyl (C=O) groups excluding carboxylic acids is 1. The molecular weight excluding hydrogens is 274 g/mol. The number of hydrogen-bond donors (Lipinski definition) is 1. The average Bonchev–Trinajstić information content (AvgIpc) is 2.89. The van der Waals surface area contributed by atoms with Crippen molar-refractivity contribution in [3.05, 3.63) is 52.8 Å². The number of rotatable bonds is 6. The molecule has 0 unspecified atom stereocenters. The molecule has 0 aliphatic heterocycles. The molecule has 0 saturated heterocycles. The van der Waals surface area contributed by atoms with E-state index >= 15 is 0 Å². The molecule has 0 atom stereocenters. The van der Waals surface area contributed by atoms with Crippen molar-refractivity contribution in [3.63, 3.8) is 0 Å². The van der Waals surface area contributed by atoms with E-state index in [9.17, 15) is 4.79 Å². The van der Waals surface area contributed by atoms with E-state index in [1.807, 2.05) is 24.3 Å². The summed E-state index contributed by atoms with van der Waals surface area (Å²) in [6.07, 6.45) is 5.17. The van der Waals surface area contributed by atoms with E-state index in [1.54, 1.807) is 17.1 Å². The highest BCUT2D eigenvalue weighted by molar-refractivity contribution is 6.30. The topological polar surface area (TPSA) is 46.9 Å². The maximum atomic E-state index is 11.9. The van der Waals surface area contributed by atoms with Crippen molar-refractivity contribution in [2.45, 2.75) is 26.3 Å². The molecule has 2 aromatic rings. The molecule has 0 aliphatic carbocycles. The zero-order valence-electron chi connectivity index (χ0n) is 11.5. The fourth-order valence-electron chi connectivity index (χ4n) is 1.90. The molecule has 1 aromatic heterocycles. The number of benzene rings is 1. The Bertz CT molecular complexity index is 563. The number of nitrogens with one attached hydrogen (secondary N) is 1. The maximum Gasteiger partial charge on any atom is 0.251 e. The van der Waals surface area contributed by atoms with E-state index in [-0.39, 0.29) is 5.91 Å². The molecule has 106 valence electrons. The fraction of sp³-hybridized carbons (Fsp3) is 0.333. The van der Waals surface area contributed by atoms with Crippen LogP contribution in [-0.4, -0.2) is 22.2 Å². The van der Waals surface area contributed by atoms with Gasteiger partial charge >= 0.3 is 0 Å². The molecule has 0 aliphatic rings. The molecule has 0 saturated carbocycles. The standard InChI is InChI=1S/C15H18ClN3O/c1-2-12-4-6-13(7-5-12)15(20)17-8-3-9-19-11-14(16)10-18-19/h4-7,10-11H,2-3,8-9H2,1H3,(H,17,20). The number of carbonyl (C=O) groups is 1. The lowest BCUT2D eigenvalue weighted by Gasteiger charge is -2.06. The lowest BCUT2D eigenvalue weighted by molar-refractivity contribution is 0.0952. The van der Waals surface area contributed by atoms with Gasteiger partial charge < -0.3 is 5.32 Å². The molecule has 0 fully saturated rings. The minimum absolute atomic E-state index is 0.0360. The van der Waals surface area contributed by atoms with Crippen molar-refractivity contribution in [1.29, 1.82) is 0 Å². The molecule has 0 bridgehead atoms. The van der Waals surface area contributed by atoms with Gasteiger partial charge in [-0.25, -0.2) is 0 Å². The zero-order chi connectivity index (χ0) is 14.4. The highest BCUT2D eigenvalue weighted by Gasteiger charge is 2.04. The molecule has 0 spiro atoms. The minimum atomic E-state index is -0.0360. The van der Waals surface area contributed by atoms with E-state index in [2.05, 4.69) is 17.3 Å². The van der Waals surface area contributed by atoms with Gasteiger partial charge in [-0.15, -0.1) is 0 Å². The molecule has 20 heavy (non-hydrogen) atoms. The second-order valence-electron chi connectivity index (χ2n) is 4.58. The Hall–Kier alpha value is -1.81. The van der Waals surface area contributed by atoms with E-state index in [0.717, 1.165) is 19.4 Å². The van der Waals surface area contributed by atoms with Gasteiger partial charge in [-0.1, -0.05) is 30.7 Å². The first-order valence-corrected chi connectivity index (χ1v) is 7.12. The quantitative estimate of drug-likeness (QED) is 0.832. The normalized spacial score (nSPS) is 10.5. The summed E-state index contributed by atoms with van der Waals surface area (Å²) in [5, 5.41) is 7.61. The summed E-state index contributed by atoms with van der Waals surface area (Å²) in [5.41, 5.74) is 1.93. The van der Waals surface area contributed by atoms with Crippen LogP contribution in [0.4, 0.5) is 0 Å². The lowest BCUT2D eigenvalue weighted by atomic mass is 10.1. The first-order valence-electron chi connectivity index (χ1n) is 6.74. The summed E-state index contributed by atoms with van der Waals surface area (Å²) in [7, 11) is 0. The van der Waals surface area contributed by atoms with Gasteiger partial charge in [0.15, 0.2) is 0 Å². The van der Waals surface area contributed by atoms with Gasteiger partial charge in [0.2, 0.25) is 0 Å². The molecular formula is C15H18ClN3O. The number of aryl methyl sites for hydroxylation is 2. The fourth-order valence-corrected chi connectivity index (χ4v) is 2.05. The SMILES string of the molecule is CCc1ccc(C(=O)NCCCn2cc(Cl)cn2)cc1. The van der Waals surface area contributed by atoms with Crippen molar-refractivity contribution < 1.29 is 4.79 Å². The monoisotopic (exact) mass is 291 g/mol. The lowest BCUT2D eigenvalue weighted by Crippen LogP contribution is -2.25. The van der Waals surface area contributed by atoms with Crippen molar-refractivity contribution in [3.8, 4) is 0 Å². The average molecular weight is 292 g/mol. The second-order valence-corrected chi connectivity index (χ2v) is 5.02. The summed E-state index contributed by atoms with van der Waals surface area (Å²) in [6, 6.07) is 7.70. The Kier molecular flexibility index (Phi) is 5.18. The van der Waals surface area contributed by atoms with E-state index in [4.69, 9.17) is 11.6 Å². The molecule has 1 aromatic carbocycles. The summed E-state index contributed by atoms with van der Waals surface area (Å²) in [5.74, 6) is -0.0360. The van der Waals surface area contributed by atoms with Gasteiger partial charge in [0.1, 0.15) is 0 Å². The molecule has 1 N–H and O–H groups in total. The summed E-state index contributed by atoms with van der Waals surface area (Å²) in [6.45, 7) is 3.45. The van der Waals surface area contributed by atoms with Gasteiger partial charge in [-0.05, 0) is 30.5 Å². The van der Waals surface area contributed by atoms with Crippen LogP contribution < -0.4 is 5.32 Å². The third-order valence-corrected chi connectivity index (χ3v) is 3.27.